The Morgan fingerprint density at radius 1 is 1.76 bits per heavy atom. The largest absolute Gasteiger partial charge is 0.460 e. The molecule has 5 nitrogen and oxygen atoms in total. The first-order valence-corrected chi connectivity index (χ1v) is 7.08. The number of esters is 1. The highest BCUT2D eigenvalue weighted by molar-refractivity contribution is 8.00. The first-order valence-electron chi connectivity index (χ1n) is 5.04. The van der Waals surface area contributed by atoms with Crippen LogP contribution >= 0.6 is 23.1 Å². The van der Waals surface area contributed by atoms with Gasteiger partial charge in [0.2, 0.25) is 5.84 Å². The van der Waals surface area contributed by atoms with E-state index in [0.717, 1.165) is 19.8 Å². The van der Waals surface area contributed by atoms with Crippen molar-refractivity contribution in [2.75, 3.05) is 12.9 Å². The van der Waals surface area contributed by atoms with Gasteiger partial charge in [-0.05, 0) is 19.2 Å². The first kappa shape index (κ1) is 12.4. The van der Waals surface area contributed by atoms with E-state index in [1.807, 2.05) is 12.3 Å². The summed E-state index contributed by atoms with van der Waals surface area (Å²) >= 11 is 3.12. The molecule has 92 valence electrons. The van der Waals surface area contributed by atoms with Crippen molar-refractivity contribution in [3.63, 3.8) is 0 Å². The molecule has 1 aliphatic rings. The Kier molecular flexibility index (Phi) is 3.70. The summed E-state index contributed by atoms with van der Waals surface area (Å²) in [6, 6.07) is 1.97. The van der Waals surface area contributed by atoms with Crippen LogP contribution in [-0.4, -0.2) is 34.9 Å². The Morgan fingerprint density at radius 3 is 3.18 bits per heavy atom. The van der Waals surface area contributed by atoms with E-state index < -0.39 is 5.97 Å². The summed E-state index contributed by atoms with van der Waals surface area (Å²) < 4.78 is 5.94. The van der Waals surface area contributed by atoms with Crippen LogP contribution in [0.4, 0.5) is 5.00 Å². The van der Waals surface area contributed by atoms with Crippen LogP contribution in [0.5, 0.6) is 0 Å². The van der Waals surface area contributed by atoms with Crippen LogP contribution in [0, 0.1) is 0 Å². The summed E-state index contributed by atoms with van der Waals surface area (Å²) in [6.45, 7) is 2.24. The topological polar surface area (TPSA) is 62.1 Å². The maximum Gasteiger partial charge on any atom is 0.376 e. The average molecular weight is 272 g/mol. The van der Waals surface area contributed by atoms with E-state index in [9.17, 15) is 10.0 Å². The fourth-order valence-electron chi connectivity index (χ4n) is 1.44. The molecule has 0 spiro atoms. The minimum Gasteiger partial charge on any atom is -0.460 e. The van der Waals surface area contributed by atoms with Crippen molar-refractivity contribution in [3.8, 4) is 0 Å². The Hall–Kier alpha value is -1.05. The molecule has 0 saturated carbocycles. The van der Waals surface area contributed by atoms with E-state index >= 15 is 0 Å². The first-order chi connectivity index (χ1) is 8.15. The van der Waals surface area contributed by atoms with Crippen LogP contribution in [0.25, 0.3) is 0 Å². The van der Waals surface area contributed by atoms with E-state index in [1.165, 1.54) is 11.3 Å². The second-order valence-electron chi connectivity index (χ2n) is 3.31. The van der Waals surface area contributed by atoms with Gasteiger partial charge in [0, 0.05) is 5.56 Å². The molecular formula is C10H12N2O3S2. The Balaban J connectivity index is 2.31. The molecule has 0 saturated heterocycles. The molecule has 7 heteroatoms. The number of thioether (sulfide) groups is 1. The lowest BCUT2D eigenvalue weighted by atomic mass is 10.3. The minimum atomic E-state index is -0.597. The van der Waals surface area contributed by atoms with Gasteiger partial charge in [-0.3, -0.25) is 5.21 Å². The van der Waals surface area contributed by atoms with Gasteiger partial charge in [-0.25, -0.2) is 14.9 Å². The lowest BCUT2D eigenvalue weighted by Gasteiger charge is -2.20. The molecule has 0 aromatic carbocycles. The van der Waals surface area contributed by atoms with Crippen LogP contribution in [0.15, 0.2) is 15.3 Å². The van der Waals surface area contributed by atoms with Crippen LogP contribution in [0.2, 0.25) is 0 Å². The second-order valence-corrected chi connectivity index (χ2v) is 5.45. The van der Waals surface area contributed by atoms with Crippen molar-refractivity contribution in [2.45, 2.75) is 17.7 Å². The van der Waals surface area contributed by atoms with E-state index in [4.69, 9.17) is 4.74 Å². The highest BCUT2D eigenvalue weighted by atomic mass is 32.2. The fraction of sp³-hybridized carbons (Fsp3) is 0.400. The third kappa shape index (κ3) is 2.46. The number of carbonyl (C=O) groups excluding carboxylic acids is 1. The lowest BCUT2D eigenvalue weighted by Crippen LogP contribution is -2.36. The summed E-state index contributed by atoms with van der Waals surface area (Å²) in [5.74, 6) is -0.645. The van der Waals surface area contributed by atoms with Crippen LogP contribution in [-0.2, 0) is 16.1 Å². The summed E-state index contributed by atoms with van der Waals surface area (Å²) in [6.07, 6.45) is 1.98. The standard InChI is InChI=1S/C10H12N2O3S2/c1-3-15-10(13)8-11-9-6(5-12(8)14)4-7(16-2)17-9/h4,14H,3,5H2,1-2H3. The van der Waals surface area contributed by atoms with Gasteiger partial charge in [0.05, 0.1) is 17.4 Å². The van der Waals surface area contributed by atoms with Crippen molar-refractivity contribution in [2.24, 2.45) is 4.99 Å². The molecular weight excluding hydrogens is 260 g/mol. The van der Waals surface area contributed by atoms with E-state index in [-0.39, 0.29) is 19.0 Å². The number of fused-ring (bicyclic) bond motifs is 1. The summed E-state index contributed by atoms with van der Waals surface area (Å²) in [5, 5.41) is 11.3. The number of nitrogens with zero attached hydrogens (tertiary/aromatic N) is 2. The van der Waals surface area contributed by atoms with Crippen LogP contribution < -0.4 is 0 Å². The summed E-state index contributed by atoms with van der Waals surface area (Å²) in [7, 11) is 0. The molecule has 0 unspecified atom stereocenters. The zero-order valence-electron chi connectivity index (χ0n) is 9.47. The molecule has 0 radical (unpaired) electrons. The zero-order chi connectivity index (χ0) is 12.4. The number of aliphatic imine (C=N–C) groups is 1. The van der Waals surface area contributed by atoms with E-state index in [0.29, 0.717) is 0 Å². The number of rotatable bonds is 3. The third-order valence-corrected chi connectivity index (χ3v) is 4.33. The highest BCUT2D eigenvalue weighted by Crippen LogP contribution is 2.38. The number of hydroxylamine groups is 2. The van der Waals surface area contributed by atoms with Gasteiger partial charge in [0.15, 0.2) is 0 Å². The number of thiophene rings is 1. The zero-order valence-corrected chi connectivity index (χ0v) is 11.1. The van der Waals surface area contributed by atoms with Crippen LogP contribution in [0.3, 0.4) is 0 Å². The molecule has 2 heterocycles. The quantitative estimate of drug-likeness (QED) is 0.675. The molecule has 0 aliphatic carbocycles. The summed E-state index contributed by atoms with van der Waals surface area (Å²) in [5.41, 5.74) is 0.926. The third-order valence-electron chi connectivity index (χ3n) is 2.20. The van der Waals surface area contributed by atoms with Gasteiger partial charge in [0.1, 0.15) is 5.00 Å². The molecule has 0 atom stereocenters. The van der Waals surface area contributed by atoms with Crippen LogP contribution in [0.1, 0.15) is 12.5 Å². The Labute approximate surface area is 107 Å². The maximum absolute atomic E-state index is 11.5. The van der Waals surface area contributed by atoms with Gasteiger partial charge in [-0.2, -0.15) is 0 Å². The van der Waals surface area contributed by atoms with Crippen molar-refractivity contribution in [1.29, 1.82) is 0 Å². The number of hydrogen-bond donors (Lipinski definition) is 1. The monoisotopic (exact) mass is 272 g/mol. The number of hydrogen-bond acceptors (Lipinski definition) is 7. The molecule has 17 heavy (non-hydrogen) atoms. The smallest absolute Gasteiger partial charge is 0.376 e. The number of amidine groups is 1. The van der Waals surface area contributed by atoms with Crippen molar-refractivity contribution < 1.29 is 14.7 Å². The molecule has 2 rings (SSSR count). The van der Waals surface area contributed by atoms with Gasteiger partial charge in [-0.15, -0.1) is 23.1 Å². The Morgan fingerprint density at radius 2 is 2.53 bits per heavy atom. The summed E-state index contributed by atoms with van der Waals surface area (Å²) in [4.78, 5) is 15.7. The van der Waals surface area contributed by atoms with Gasteiger partial charge < -0.3 is 4.74 Å². The molecule has 0 bridgehead atoms. The maximum atomic E-state index is 11.5. The predicted octanol–water partition coefficient (Wildman–Crippen LogP) is 2.27. The number of carbonyl (C=O) groups is 1. The lowest BCUT2D eigenvalue weighted by molar-refractivity contribution is -0.139. The molecule has 1 aromatic heterocycles. The average Bonchev–Trinajstić information content (AvgIpc) is 2.70. The molecule has 1 aliphatic heterocycles. The SMILES string of the molecule is CCOC(=O)C1=Nc2sc(SC)cc2CN1O. The van der Waals surface area contributed by atoms with E-state index in [1.54, 1.807) is 18.7 Å². The normalized spacial score (nSPS) is 14.3. The molecule has 1 N–H and O–H groups in total. The number of ether oxygens (including phenoxy) is 1. The second kappa shape index (κ2) is 5.07. The molecule has 0 fully saturated rings. The van der Waals surface area contributed by atoms with E-state index in [2.05, 4.69) is 4.99 Å². The van der Waals surface area contributed by atoms with Gasteiger partial charge >= 0.3 is 5.97 Å². The molecule has 0 amide bonds. The van der Waals surface area contributed by atoms with Gasteiger partial charge in [0.25, 0.3) is 0 Å². The predicted molar refractivity (Wildman–Crippen MR) is 67.2 cm³/mol. The molecule has 1 aromatic rings. The fourth-order valence-corrected chi connectivity index (χ4v) is 3.05. The van der Waals surface area contributed by atoms with Gasteiger partial charge in [-0.1, -0.05) is 0 Å². The Bertz CT molecular complexity index is 470. The van der Waals surface area contributed by atoms with Crippen molar-refractivity contribution in [1.82, 2.24) is 5.06 Å². The minimum absolute atomic E-state index is 0.0474. The van der Waals surface area contributed by atoms with Crippen molar-refractivity contribution in [3.05, 3.63) is 11.6 Å². The highest BCUT2D eigenvalue weighted by Gasteiger charge is 2.26. The van der Waals surface area contributed by atoms with Crippen molar-refractivity contribution >= 4 is 39.9 Å².